The van der Waals surface area contributed by atoms with Crippen LogP contribution in [0, 0.1) is 11.6 Å². The van der Waals surface area contributed by atoms with Crippen molar-refractivity contribution in [2.75, 3.05) is 25.6 Å². The molecule has 2 aromatic carbocycles. The van der Waals surface area contributed by atoms with Gasteiger partial charge in [0.1, 0.15) is 17.1 Å². The minimum Gasteiger partial charge on any atom is -0.453 e. The van der Waals surface area contributed by atoms with Crippen LogP contribution in [0.1, 0.15) is 15.9 Å². The van der Waals surface area contributed by atoms with Gasteiger partial charge in [0.05, 0.1) is 33.1 Å². The summed E-state index contributed by atoms with van der Waals surface area (Å²) < 4.78 is 41.2. The van der Waals surface area contributed by atoms with Crippen LogP contribution in [0.25, 0.3) is 26.5 Å². The van der Waals surface area contributed by atoms with E-state index >= 15 is 4.39 Å². The van der Waals surface area contributed by atoms with Crippen molar-refractivity contribution in [1.29, 1.82) is 0 Å². The van der Waals surface area contributed by atoms with Gasteiger partial charge in [-0.1, -0.05) is 6.07 Å². The molecule has 0 saturated heterocycles. The number of hydrogen-bond donors (Lipinski definition) is 2. The van der Waals surface area contributed by atoms with Crippen molar-refractivity contribution in [3.63, 3.8) is 0 Å². The Labute approximate surface area is 277 Å². The molecule has 0 bridgehead atoms. The summed E-state index contributed by atoms with van der Waals surface area (Å²) in [5, 5.41) is 9.78. The zero-order valence-corrected chi connectivity index (χ0v) is 26.4. The van der Waals surface area contributed by atoms with Crippen LogP contribution in [-0.4, -0.2) is 45.9 Å². The second kappa shape index (κ2) is 15.0. The molecule has 0 aliphatic carbocycles. The average molecular weight is 677 g/mol. The van der Waals surface area contributed by atoms with E-state index in [1.54, 1.807) is 19.4 Å². The first kappa shape index (κ1) is 33.3. The van der Waals surface area contributed by atoms with Gasteiger partial charge in [-0.25, -0.2) is 8.78 Å². The Kier molecular flexibility index (Phi) is 10.6. The van der Waals surface area contributed by atoms with Crippen molar-refractivity contribution in [1.82, 2.24) is 25.1 Å². The summed E-state index contributed by atoms with van der Waals surface area (Å²) in [6, 6.07) is 17.8. The Morgan fingerprint density at radius 3 is 2.53 bits per heavy atom. The van der Waals surface area contributed by atoms with Crippen LogP contribution in [0.3, 0.4) is 0 Å². The lowest BCUT2D eigenvalue weighted by atomic mass is 10.2. The van der Waals surface area contributed by atoms with Crippen molar-refractivity contribution in [2.24, 2.45) is 0 Å². The first-order chi connectivity index (χ1) is 22.4. The number of ether oxygens (including phenoxy) is 2. The zero-order chi connectivity index (χ0) is 32.0. The van der Waals surface area contributed by atoms with Gasteiger partial charge in [0.2, 0.25) is 0 Å². The van der Waals surface area contributed by atoms with Crippen LogP contribution in [0.2, 0.25) is 0 Å². The van der Waals surface area contributed by atoms with Gasteiger partial charge in [-0.15, -0.1) is 23.7 Å². The number of carbonyl (C=O) groups excluding carboxylic acids is 1. The highest BCUT2D eigenvalue weighted by atomic mass is 35.5. The van der Waals surface area contributed by atoms with Crippen molar-refractivity contribution in [3.8, 4) is 27.8 Å². The SMILES string of the molecule is COCCNCc1ccc(-c2cc3nccc(Oc4ccc(NC(=O)c5ccnn(-c6ccc(F)cc6)c5=O)cc4F)c3s2)nc1.Cl. The largest absolute Gasteiger partial charge is 0.453 e. The lowest BCUT2D eigenvalue weighted by Gasteiger charge is -2.10. The molecule has 6 rings (SSSR count). The highest BCUT2D eigenvalue weighted by Crippen LogP contribution is 2.39. The number of pyridine rings is 2. The third kappa shape index (κ3) is 7.67. The number of nitrogens with one attached hydrogen (secondary N) is 2. The Morgan fingerprint density at radius 2 is 1.79 bits per heavy atom. The van der Waals surface area contributed by atoms with Gasteiger partial charge in [-0.05, 0) is 60.2 Å². The first-order valence-corrected chi connectivity index (χ1v) is 14.9. The van der Waals surface area contributed by atoms with Gasteiger partial charge < -0.3 is 20.1 Å². The third-order valence-corrected chi connectivity index (χ3v) is 8.00. The van der Waals surface area contributed by atoms with Gasteiger partial charge in [0.25, 0.3) is 11.5 Å². The number of methoxy groups -OCH3 is 1. The van der Waals surface area contributed by atoms with Crippen LogP contribution in [0.15, 0.2) is 96.2 Å². The van der Waals surface area contributed by atoms with E-state index in [1.807, 2.05) is 24.4 Å². The molecule has 47 heavy (non-hydrogen) atoms. The number of benzene rings is 2. The molecule has 0 radical (unpaired) electrons. The predicted octanol–water partition coefficient (Wildman–Crippen LogP) is 6.38. The Balaban J connectivity index is 0.00000433. The van der Waals surface area contributed by atoms with Crippen molar-refractivity contribution in [2.45, 2.75) is 6.54 Å². The van der Waals surface area contributed by atoms with Gasteiger partial charge in [-0.3, -0.25) is 19.6 Å². The highest BCUT2D eigenvalue weighted by molar-refractivity contribution is 7.22. The molecule has 2 N–H and O–H groups in total. The number of nitrogens with zero attached hydrogens (tertiary/aromatic N) is 4. The van der Waals surface area contributed by atoms with E-state index in [1.165, 1.54) is 60.0 Å². The molecule has 0 fully saturated rings. The molecular weight excluding hydrogens is 650 g/mol. The van der Waals surface area contributed by atoms with E-state index in [0.717, 1.165) is 38.1 Å². The predicted molar refractivity (Wildman–Crippen MR) is 178 cm³/mol. The number of carbonyl (C=O) groups is 1. The van der Waals surface area contributed by atoms with Crippen LogP contribution in [0.5, 0.6) is 11.5 Å². The molecule has 4 heterocycles. The summed E-state index contributed by atoms with van der Waals surface area (Å²) in [5.41, 5.74) is 1.95. The zero-order valence-electron chi connectivity index (χ0n) is 24.8. The van der Waals surface area contributed by atoms with E-state index in [0.29, 0.717) is 24.4 Å². The molecule has 10 nitrogen and oxygen atoms in total. The van der Waals surface area contributed by atoms with E-state index in [4.69, 9.17) is 9.47 Å². The summed E-state index contributed by atoms with van der Waals surface area (Å²) in [4.78, 5) is 35.8. The third-order valence-electron chi connectivity index (χ3n) is 6.84. The molecule has 4 aromatic heterocycles. The fraction of sp³-hybridized carbons (Fsp3) is 0.121. The number of hydrogen-bond acceptors (Lipinski definition) is 9. The van der Waals surface area contributed by atoms with Crippen LogP contribution in [0.4, 0.5) is 14.5 Å². The normalized spacial score (nSPS) is 10.9. The summed E-state index contributed by atoms with van der Waals surface area (Å²) in [5.74, 6) is -1.62. The van der Waals surface area contributed by atoms with Crippen LogP contribution < -0.4 is 20.9 Å². The molecule has 240 valence electrons. The maximum Gasteiger partial charge on any atom is 0.284 e. The molecule has 0 saturated carbocycles. The Morgan fingerprint density at radius 1 is 0.957 bits per heavy atom. The molecule has 6 aromatic rings. The number of rotatable bonds is 11. The topological polar surface area (TPSA) is 120 Å². The quantitative estimate of drug-likeness (QED) is 0.152. The number of amides is 1. The van der Waals surface area contributed by atoms with Gasteiger partial charge in [-0.2, -0.15) is 9.78 Å². The minimum atomic E-state index is -0.762. The standard InChI is InChI=1S/C33H26F2N6O4S.ClH/c1-44-15-14-36-18-20-2-8-26(38-19-20)30-17-27-31(46-30)29(11-12-37-27)45-28-9-5-22(16-25(28)35)40-32(42)24-10-13-39-41(33(24)43)23-6-3-21(34)4-7-23;/h2-13,16-17,19,36H,14-15,18H2,1H3,(H,40,42);1H. The molecule has 0 aliphatic heterocycles. The lowest BCUT2D eigenvalue weighted by molar-refractivity contribution is 0.102. The second-order valence-corrected chi connectivity index (χ2v) is 11.0. The van der Waals surface area contributed by atoms with Gasteiger partial charge in [0.15, 0.2) is 11.6 Å². The molecule has 0 atom stereocenters. The average Bonchev–Trinajstić information content (AvgIpc) is 3.51. The van der Waals surface area contributed by atoms with Crippen molar-refractivity contribution >= 4 is 45.6 Å². The fourth-order valence-corrected chi connectivity index (χ4v) is 5.58. The van der Waals surface area contributed by atoms with Gasteiger partial charge in [0, 0.05) is 56.6 Å². The monoisotopic (exact) mass is 676 g/mol. The lowest BCUT2D eigenvalue weighted by Crippen LogP contribution is -2.29. The van der Waals surface area contributed by atoms with E-state index in [-0.39, 0.29) is 35.1 Å². The summed E-state index contributed by atoms with van der Waals surface area (Å²) >= 11 is 1.43. The minimum absolute atomic E-state index is 0. The van der Waals surface area contributed by atoms with E-state index in [9.17, 15) is 14.0 Å². The van der Waals surface area contributed by atoms with Crippen molar-refractivity contribution < 1.29 is 23.0 Å². The number of thiophene rings is 1. The second-order valence-electron chi connectivity index (χ2n) is 10.00. The molecule has 1 amide bonds. The molecule has 0 spiro atoms. The van der Waals surface area contributed by atoms with E-state index < -0.39 is 23.1 Å². The highest BCUT2D eigenvalue weighted by Gasteiger charge is 2.17. The first-order valence-electron chi connectivity index (χ1n) is 14.1. The summed E-state index contributed by atoms with van der Waals surface area (Å²) in [6.45, 7) is 2.05. The smallest absolute Gasteiger partial charge is 0.284 e. The Bertz CT molecular complexity index is 2070. The maximum absolute atomic E-state index is 15.2. The van der Waals surface area contributed by atoms with Crippen molar-refractivity contribution in [3.05, 3.63) is 125 Å². The molecule has 0 aliphatic rings. The Hall–Kier alpha value is -5.08. The fourth-order valence-electron chi connectivity index (χ4n) is 4.53. The summed E-state index contributed by atoms with van der Waals surface area (Å²) in [7, 11) is 1.66. The maximum atomic E-state index is 15.2. The van der Waals surface area contributed by atoms with E-state index in [2.05, 4.69) is 25.7 Å². The number of fused-ring (bicyclic) bond motifs is 1. The molecule has 0 unspecified atom stereocenters. The van der Waals surface area contributed by atoms with Crippen LogP contribution >= 0.6 is 23.7 Å². The number of halogens is 3. The van der Waals surface area contributed by atoms with Gasteiger partial charge >= 0.3 is 0 Å². The number of aromatic nitrogens is 4. The molecule has 14 heteroatoms. The summed E-state index contributed by atoms with van der Waals surface area (Å²) in [6.07, 6.45) is 4.67. The molecular formula is C33H27ClF2N6O4S. The number of anilines is 1. The van der Waals surface area contributed by atoms with Crippen LogP contribution in [-0.2, 0) is 11.3 Å².